The molecule has 0 bridgehead atoms. The minimum absolute atomic E-state index is 0.00829. The number of esters is 1. The highest BCUT2D eigenvalue weighted by molar-refractivity contribution is 5.96. The molecule has 3 atom stereocenters. The lowest BCUT2D eigenvalue weighted by Gasteiger charge is -2.40. The maximum atomic E-state index is 13.9. The van der Waals surface area contributed by atoms with E-state index < -0.39 is 17.8 Å². The molecule has 196 valence electrons. The number of carbonyl (C=O) groups is 2. The third kappa shape index (κ3) is 4.75. The average molecular weight is 508 g/mol. The maximum Gasteiger partial charge on any atom is 0.336 e. The summed E-state index contributed by atoms with van der Waals surface area (Å²) >= 11 is 0. The maximum absolute atomic E-state index is 13.9. The summed E-state index contributed by atoms with van der Waals surface area (Å²) < 4.78 is 27.5. The lowest BCUT2D eigenvalue weighted by molar-refractivity contribution is -0.139. The van der Waals surface area contributed by atoms with Crippen molar-refractivity contribution in [2.45, 2.75) is 32.1 Å². The Kier molecular flexibility index (Phi) is 7.76. The van der Waals surface area contributed by atoms with Gasteiger partial charge in [-0.25, -0.2) is 4.79 Å². The van der Waals surface area contributed by atoms with Crippen molar-refractivity contribution in [1.82, 2.24) is 5.32 Å². The number of para-hydroxylation sites is 1. The zero-order valence-corrected chi connectivity index (χ0v) is 22.0. The van der Waals surface area contributed by atoms with Gasteiger partial charge < -0.3 is 29.0 Å². The highest BCUT2D eigenvalue weighted by atomic mass is 16.5. The molecule has 0 amide bonds. The second-order valence-electron chi connectivity index (χ2n) is 8.94. The summed E-state index contributed by atoms with van der Waals surface area (Å²) in [7, 11) is 6.28. The number of Topliss-reactive ketones (excluding diaryl/α,β-unsaturated/α-hetero) is 1. The van der Waals surface area contributed by atoms with Crippen LogP contribution < -0.4 is 24.3 Å². The van der Waals surface area contributed by atoms with E-state index in [-0.39, 0.29) is 24.7 Å². The van der Waals surface area contributed by atoms with Crippen LogP contribution in [0.3, 0.4) is 0 Å². The van der Waals surface area contributed by atoms with Crippen LogP contribution in [-0.2, 0) is 14.3 Å². The standard InChI is InChI=1S/C29H33NO7/c1-7-37-29(32)25-16(2)30-20-13-18(17-11-12-22(33-3)24(15-17)35-5)14-21(31)27(20)26(25)19-9-8-10-23(34-4)28(19)36-6/h8-13,15,18,26-27,30H,7,14H2,1-6H3. The quantitative estimate of drug-likeness (QED) is 0.522. The Labute approximate surface area is 217 Å². The zero-order valence-electron chi connectivity index (χ0n) is 22.0. The number of hydrogen-bond donors (Lipinski definition) is 1. The van der Waals surface area contributed by atoms with Gasteiger partial charge in [0.05, 0.1) is 46.5 Å². The number of rotatable bonds is 8. The molecule has 0 saturated carbocycles. The highest BCUT2D eigenvalue weighted by Crippen LogP contribution is 2.50. The largest absolute Gasteiger partial charge is 0.493 e. The van der Waals surface area contributed by atoms with Crippen LogP contribution in [0.1, 0.15) is 43.2 Å². The Bertz CT molecular complexity index is 1260. The van der Waals surface area contributed by atoms with Crippen molar-refractivity contribution < 1.29 is 33.3 Å². The lowest BCUT2D eigenvalue weighted by atomic mass is 9.68. The molecule has 4 rings (SSSR count). The molecule has 1 N–H and O–H groups in total. The van der Waals surface area contributed by atoms with Crippen molar-refractivity contribution in [3.05, 3.63) is 70.6 Å². The molecule has 8 heteroatoms. The fourth-order valence-electron chi connectivity index (χ4n) is 5.34. The van der Waals surface area contributed by atoms with Gasteiger partial charge in [0.15, 0.2) is 23.0 Å². The van der Waals surface area contributed by atoms with Crippen LogP contribution >= 0.6 is 0 Å². The molecule has 1 aliphatic carbocycles. The molecule has 0 spiro atoms. The van der Waals surface area contributed by atoms with Gasteiger partial charge in [0.1, 0.15) is 5.78 Å². The normalized spacial score (nSPS) is 20.9. The predicted octanol–water partition coefficient (Wildman–Crippen LogP) is 4.50. The van der Waals surface area contributed by atoms with E-state index in [1.807, 2.05) is 37.3 Å². The summed E-state index contributed by atoms with van der Waals surface area (Å²) in [5, 5.41) is 3.35. The van der Waals surface area contributed by atoms with Gasteiger partial charge in [0, 0.05) is 35.2 Å². The summed E-state index contributed by atoms with van der Waals surface area (Å²) in [6, 6.07) is 11.2. The van der Waals surface area contributed by atoms with E-state index in [0.29, 0.717) is 39.8 Å². The number of carbonyl (C=O) groups excluding carboxylic acids is 2. The first-order valence-electron chi connectivity index (χ1n) is 12.2. The van der Waals surface area contributed by atoms with Gasteiger partial charge in [-0.05, 0) is 37.6 Å². The molecule has 1 heterocycles. The molecule has 2 aromatic rings. The van der Waals surface area contributed by atoms with E-state index in [1.165, 1.54) is 0 Å². The van der Waals surface area contributed by atoms with Crippen LogP contribution in [0.25, 0.3) is 0 Å². The topological polar surface area (TPSA) is 92.3 Å². The number of fused-ring (bicyclic) bond motifs is 1. The number of benzene rings is 2. The van der Waals surface area contributed by atoms with Crippen LogP contribution in [0, 0.1) is 5.92 Å². The first kappa shape index (κ1) is 26.1. The second kappa shape index (κ2) is 11.0. The van der Waals surface area contributed by atoms with E-state index in [1.54, 1.807) is 41.4 Å². The summed E-state index contributed by atoms with van der Waals surface area (Å²) in [4.78, 5) is 27.1. The minimum Gasteiger partial charge on any atom is -0.493 e. The van der Waals surface area contributed by atoms with Crippen LogP contribution in [0.2, 0.25) is 0 Å². The minimum atomic E-state index is -0.611. The number of hydrogen-bond acceptors (Lipinski definition) is 8. The number of ether oxygens (including phenoxy) is 5. The number of allylic oxidation sites excluding steroid dienone is 3. The van der Waals surface area contributed by atoms with Crippen molar-refractivity contribution >= 4 is 11.8 Å². The number of nitrogens with one attached hydrogen (secondary N) is 1. The van der Waals surface area contributed by atoms with Crippen molar-refractivity contribution in [1.29, 1.82) is 0 Å². The monoisotopic (exact) mass is 507 g/mol. The van der Waals surface area contributed by atoms with Crippen LogP contribution in [-0.4, -0.2) is 46.8 Å². The van der Waals surface area contributed by atoms with E-state index >= 15 is 0 Å². The van der Waals surface area contributed by atoms with Gasteiger partial charge in [-0.15, -0.1) is 0 Å². The molecule has 3 unspecified atom stereocenters. The fourth-order valence-corrected chi connectivity index (χ4v) is 5.34. The molecule has 2 aromatic carbocycles. The van der Waals surface area contributed by atoms with Crippen molar-refractivity contribution in [2.24, 2.45) is 5.92 Å². The Morgan fingerprint density at radius 2 is 1.68 bits per heavy atom. The molecule has 2 aliphatic rings. The van der Waals surface area contributed by atoms with Crippen LogP contribution in [0.15, 0.2) is 59.4 Å². The second-order valence-corrected chi connectivity index (χ2v) is 8.94. The summed E-state index contributed by atoms with van der Waals surface area (Å²) in [5.74, 6) is 0.399. The van der Waals surface area contributed by atoms with E-state index in [0.717, 1.165) is 11.3 Å². The first-order valence-corrected chi connectivity index (χ1v) is 12.2. The molecule has 37 heavy (non-hydrogen) atoms. The fraction of sp³-hybridized carbons (Fsp3) is 0.379. The Morgan fingerprint density at radius 1 is 0.946 bits per heavy atom. The smallest absolute Gasteiger partial charge is 0.336 e. The van der Waals surface area contributed by atoms with Gasteiger partial charge in [-0.3, -0.25) is 4.79 Å². The van der Waals surface area contributed by atoms with Gasteiger partial charge in [-0.1, -0.05) is 24.3 Å². The van der Waals surface area contributed by atoms with Gasteiger partial charge >= 0.3 is 5.97 Å². The third-order valence-electron chi connectivity index (χ3n) is 6.96. The molecule has 1 aliphatic heterocycles. The van der Waals surface area contributed by atoms with Gasteiger partial charge in [0.2, 0.25) is 0 Å². The Morgan fingerprint density at radius 3 is 2.32 bits per heavy atom. The van der Waals surface area contributed by atoms with Crippen LogP contribution in [0.4, 0.5) is 0 Å². The predicted molar refractivity (Wildman–Crippen MR) is 138 cm³/mol. The van der Waals surface area contributed by atoms with Crippen LogP contribution in [0.5, 0.6) is 23.0 Å². The summed E-state index contributed by atoms with van der Waals surface area (Å²) in [6.45, 7) is 3.81. The Hall–Kier alpha value is -3.94. The molecule has 0 aromatic heterocycles. The van der Waals surface area contributed by atoms with Gasteiger partial charge in [0.25, 0.3) is 0 Å². The lowest BCUT2D eigenvalue weighted by Crippen LogP contribution is -2.42. The molecule has 0 radical (unpaired) electrons. The third-order valence-corrected chi connectivity index (χ3v) is 6.96. The number of ketones is 1. The molecule has 8 nitrogen and oxygen atoms in total. The molecule has 0 saturated heterocycles. The summed E-state index contributed by atoms with van der Waals surface area (Å²) in [6.07, 6.45) is 2.33. The van der Waals surface area contributed by atoms with E-state index in [4.69, 9.17) is 23.7 Å². The molecular formula is C29H33NO7. The summed E-state index contributed by atoms with van der Waals surface area (Å²) in [5.41, 5.74) is 3.42. The molecule has 0 fully saturated rings. The van der Waals surface area contributed by atoms with Crippen molar-refractivity contribution in [3.63, 3.8) is 0 Å². The van der Waals surface area contributed by atoms with Crippen molar-refractivity contribution in [2.75, 3.05) is 35.0 Å². The average Bonchev–Trinajstić information content (AvgIpc) is 2.91. The highest BCUT2D eigenvalue weighted by Gasteiger charge is 2.46. The van der Waals surface area contributed by atoms with Crippen molar-refractivity contribution in [3.8, 4) is 23.0 Å². The first-order chi connectivity index (χ1) is 17.9. The Balaban J connectivity index is 1.87. The van der Waals surface area contributed by atoms with Gasteiger partial charge in [-0.2, -0.15) is 0 Å². The zero-order chi connectivity index (χ0) is 26.7. The SMILES string of the molecule is CCOC(=O)C1=C(C)NC2=CC(c3ccc(OC)c(OC)c3)CC(=O)C2C1c1cccc(OC)c1OC. The number of methoxy groups -OCH3 is 4. The van der Waals surface area contributed by atoms with E-state index in [2.05, 4.69) is 11.4 Å². The molecular weight excluding hydrogens is 474 g/mol. The van der Waals surface area contributed by atoms with E-state index in [9.17, 15) is 9.59 Å².